The lowest BCUT2D eigenvalue weighted by Crippen LogP contribution is -2.56. The van der Waals surface area contributed by atoms with Crippen molar-refractivity contribution in [3.8, 4) is 0 Å². The third-order valence-electron chi connectivity index (χ3n) is 8.73. The first kappa shape index (κ1) is 19.1. The van der Waals surface area contributed by atoms with Gasteiger partial charge >= 0.3 is 0 Å². The van der Waals surface area contributed by atoms with Gasteiger partial charge in [0.1, 0.15) is 0 Å². The monoisotopic (exact) mass is 394 g/mol. The second kappa shape index (κ2) is 6.85. The highest BCUT2D eigenvalue weighted by molar-refractivity contribution is 6.01. The van der Waals surface area contributed by atoms with E-state index in [0.717, 1.165) is 29.0 Å². The molecule has 1 heterocycles. The molecule has 0 aromatic heterocycles. The Morgan fingerprint density at radius 3 is 2.34 bits per heavy atom. The Bertz CT molecular complexity index is 810. The number of hydrogen-bond donors (Lipinski definition) is 1. The molecular formula is C25H34N2O2. The van der Waals surface area contributed by atoms with Crippen molar-refractivity contribution in [1.82, 2.24) is 5.32 Å². The van der Waals surface area contributed by atoms with Crippen LogP contribution in [0.25, 0.3) is 0 Å². The quantitative estimate of drug-likeness (QED) is 0.824. The van der Waals surface area contributed by atoms with Crippen LogP contribution in [-0.4, -0.2) is 24.4 Å². The summed E-state index contributed by atoms with van der Waals surface area (Å²) < 4.78 is 0. The Hall–Kier alpha value is -1.84. The van der Waals surface area contributed by atoms with Crippen LogP contribution >= 0.6 is 0 Å². The molecule has 1 aromatic carbocycles. The maximum Gasteiger partial charge on any atom is 0.227 e. The van der Waals surface area contributed by atoms with Gasteiger partial charge in [-0.2, -0.15) is 0 Å². The van der Waals surface area contributed by atoms with Gasteiger partial charge in [0.2, 0.25) is 11.8 Å². The Labute approximate surface area is 174 Å². The Morgan fingerprint density at radius 1 is 1.10 bits per heavy atom. The SMILES string of the molecule is Cc1cccc(N2C[C@H](C(=O)N[C@H](C)C34CC5CC(CC(C5)C3)C4)CC2=O)c1C. The summed E-state index contributed by atoms with van der Waals surface area (Å²) in [6, 6.07) is 6.27. The van der Waals surface area contributed by atoms with Gasteiger partial charge in [0, 0.05) is 24.7 Å². The third-order valence-corrected chi connectivity index (χ3v) is 8.73. The van der Waals surface area contributed by atoms with Crippen LogP contribution in [0.1, 0.15) is 63.0 Å². The second-order valence-electron chi connectivity index (χ2n) is 10.6. The van der Waals surface area contributed by atoms with Crippen LogP contribution < -0.4 is 10.2 Å². The minimum atomic E-state index is -0.237. The van der Waals surface area contributed by atoms with E-state index in [9.17, 15) is 9.59 Å². The van der Waals surface area contributed by atoms with Crippen LogP contribution in [0.3, 0.4) is 0 Å². The molecule has 29 heavy (non-hydrogen) atoms. The fourth-order valence-corrected chi connectivity index (χ4v) is 7.34. The molecule has 5 aliphatic rings. The topological polar surface area (TPSA) is 49.4 Å². The number of anilines is 1. The zero-order chi connectivity index (χ0) is 20.3. The van der Waals surface area contributed by atoms with Crippen molar-refractivity contribution in [2.45, 2.75) is 71.8 Å². The van der Waals surface area contributed by atoms with E-state index in [-0.39, 0.29) is 23.8 Å². The fraction of sp³-hybridized carbons (Fsp3) is 0.680. The fourth-order valence-electron chi connectivity index (χ4n) is 7.34. The first-order chi connectivity index (χ1) is 13.8. The highest BCUT2D eigenvalue weighted by Crippen LogP contribution is 2.61. The van der Waals surface area contributed by atoms with Crippen molar-refractivity contribution in [2.75, 3.05) is 11.4 Å². The molecule has 4 heteroatoms. The van der Waals surface area contributed by atoms with Gasteiger partial charge in [0.15, 0.2) is 0 Å². The van der Waals surface area contributed by atoms with Gasteiger partial charge in [0.05, 0.1) is 5.92 Å². The lowest BCUT2D eigenvalue weighted by atomic mass is 9.48. The van der Waals surface area contributed by atoms with E-state index < -0.39 is 0 Å². The summed E-state index contributed by atoms with van der Waals surface area (Å²) >= 11 is 0. The number of rotatable bonds is 4. The number of nitrogens with one attached hydrogen (secondary N) is 1. The summed E-state index contributed by atoms with van der Waals surface area (Å²) in [6.07, 6.45) is 8.45. The van der Waals surface area contributed by atoms with E-state index in [4.69, 9.17) is 0 Å². The standard InChI is InChI=1S/C25H34N2O2/c1-15-5-4-6-22(16(15)2)27-14-21(10-23(27)28)24(29)26-17(3)25-11-18-7-19(12-25)9-20(8-18)13-25/h4-6,17-21H,7-14H2,1-3H3,(H,26,29)/t17-,18?,19?,20?,21-,25?/m1/s1. The smallest absolute Gasteiger partial charge is 0.227 e. The van der Waals surface area contributed by atoms with E-state index >= 15 is 0 Å². The van der Waals surface area contributed by atoms with Crippen LogP contribution in [0.5, 0.6) is 0 Å². The number of benzene rings is 1. The number of hydrogen-bond acceptors (Lipinski definition) is 2. The van der Waals surface area contributed by atoms with Crippen LogP contribution in [0, 0.1) is 42.9 Å². The molecule has 1 saturated heterocycles. The summed E-state index contributed by atoms with van der Waals surface area (Å²) in [6.45, 7) is 6.85. The van der Waals surface area contributed by atoms with E-state index in [1.807, 2.05) is 17.0 Å². The molecule has 4 bridgehead atoms. The average molecular weight is 395 g/mol. The predicted octanol–water partition coefficient (Wildman–Crippen LogP) is 4.38. The molecule has 2 atom stereocenters. The first-order valence-electron chi connectivity index (χ1n) is 11.5. The van der Waals surface area contributed by atoms with Gasteiger partial charge in [-0.1, -0.05) is 12.1 Å². The lowest BCUT2D eigenvalue weighted by molar-refractivity contribution is -0.130. The van der Waals surface area contributed by atoms with Gasteiger partial charge in [-0.3, -0.25) is 9.59 Å². The summed E-state index contributed by atoms with van der Waals surface area (Å²) in [4.78, 5) is 27.7. The summed E-state index contributed by atoms with van der Waals surface area (Å²) in [5.41, 5.74) is 3.57. The zero-order valence-electron chi connectivity index (χ0n) is 18.0. The minimum absolute atomic E-state index is 0.0707. The molecule has 0 radical (unpaired) electrons. The third kappa shape index (κ3) is 3.19. The maximum atomic E-state index is 13.1. The van der Waals surface area contributed by atoms with Crippen molar-refractivity contribution in [3.63, 3.8) is 0 Å². The van der Waals surface area contributed by atoms with Crippen molar-refractivity contribution in [1.29, 1.82) is 0 Å². The summed E-state index contributed by atoms with van der Waals surface area (Å²) in [5.74, 6) is 2.56. The van der Waals surface area contributed by atoms with Crippen LogP contribution in [0.15, 0.2) is 18.2 Å². The molecule has 4 aliphatic carbocycles. The molecule has 4 saturated carbocycles. The van der Waals surface area contributed by atoms with Crippen LogP contribution in [-0.2, 0) is 9.59 Å². The van der Waals surface area contributed by atoms with Crippen molar-refractivity contribution < 1.29 is 9.59 Å². The first-order valence-corrected chi connectivity index (χ1v) is 11.5. The Kier molecular flexibility index (Phi) is 4.52. The molecule has 2 amide bonds. The van der Waals surface area contributed by atoms with E-state index in [2.05, 4.69) is 32.2 Å². The van der Waals surface area contributed by atoms with E-state index in [0.29, 0.717) is 18.4 Å². The van der Waals surface area contributed by atoms with Crippen LogP contribution in [0.4, 0.5) is 5.69 Å². The average Bonchev–Trinajstić information content (AvgIpc) is 3.04. The van der Waals surface area contributed by atoms with Crippen molar-refractivity contribution in [2.24, 2.45) is 29.1 Å². The van der Waals surface area contributed by atoms with Gasteiger partial charge in [-0.25, -0.2) is 0 Å². The highest BCUT2D eigenvalue weighted by Gasteiger charge is 2.53. The summed E-state index contributed by atoms with van der Waals surface area (Å²) in [5, 5.41) is 3.38. The molecule has 4 nitrogen and oxygen atoms in total. The molecule has 6 rings (SSSR count). The van der Waals surface area contributed by atoms with Gasteiger partial charge < -0.3 is 10.2 Å². The number of carbonyl (C=O) groups is 2. The van der Waals surface area contributed by atoms with Crippen molar-refractivity contribution in [3.05, 3.63) is 29.3 Å². The Morgan fingerprint density at radius 2 is 1.72 bits per heavy atom. The second-order valence-corrected chi connectivity index (χ2v) is 10.6. The predicted molar refractivity (Wildman–Crippen MR) is 115 cm³/mol. The number of carbonyl (C=O) groups excluding carboxylic acids is 2. The molecule has 156 valence electrons. The summed E-state index contributed by atoms with van der Waals surface area (Å²) in [7, 11) is 0. The van der Waals surface area contributed by atoms with Crippen LogP contribution in [0.2, 0.25) is 0 Å². The normalized spacial score (nSPS) is 36.5. The molecular weight excluding hydrogens is 360 g/mol. The minimum Gasteiger partial charge on any atom is -0.353 e. The highest BCUT2D eigenvalue weighted by atomic mass is 16.2. The molecule has 0 spiro atoms. The largest absolute Gasteiger partial charge is 0.353 e. The van der Waals surface area contributed by atoms with Crippen molar-refractivity contribution >= 4 is 17.5 Å². The number of amides is 2. The number of aryl methyl sites for hydroxylation is 1. The molecule has 1 N–H and O–H groups in total. The molecule has 1 aromatic rings. The number of nitrogens with zero attached hydrogens (tertiary/aromatic N) is 1. The van der Waals surface area contributed by atoms with E-state index in [1.165, 1.54) is 44.1 Å². The van der Waals surface area contributed by atoms with Gasteiger partial charge in [-0.15, -0.1) is 0 Å². The zero-order valence-corrected chi connectivity index (χ0v) is 18.0. The Balaban J connectivity index is 1.27. The molecule has 5 fully saturated rings. The molecule has 0 unspecified atom stereocenters. The van der Waals surface area contributed by atoms with Gasteiger partial charge in [-0.05, 0) is 99.7 Å². The van der Waals surface area contributed by atoms with Gasteiger partial charge in [0.25, 0.3) is 0 Å². The maximum absolute atomic E-state index is 13.1. The van der Waals surface area contributed by atoms with E-state index in [1.54, 1.807) is 0 Å². The molecule has 1 aliphatic heterocycles. The lowest BCUT2D eigenvalue weighted by Gasteiger charge is -2.59.